The van der Waals surface area contributed by atoms with Gasteiger partial charge in [-0.25, -0.2) is 15.8 Å². The van der Waals surface area contributed by atoms with Crippen molar-refractivity contribution < 1.29 is 4.79 Å². The van der Waals surface area contributed by atoms with Gasteiger partial charge in [-0.2, -0.15) is 0 Å². The molecule has 1 saturated heterocycles. The largest absolute Gasteiger partial charge is 0.347 e. The molecule has 28 heavy (non-hydrogen) atoms. The molecular formula is C21H26N6O. The van der Waals surface area contributed by atoms with Crippen molar-refractivity contribution in [1.29, 1.82) is 0 Å². The molecule has 4 rings (SSSR count). The first-order valence-electron chi connectivity index (χ1n) is 9.75. The van der Waals surface area contributed by atoms with E-state index in [9.17, 15) is 4.79 Å². The quantitative estimate of drug-likeness (QED) is 0.613. The Labute approximate surface area is 164 Å². The molecule has 2 unspecified atom stereocenters. The van der Waals surface area contributed by atoms with E-state index in [4.69, 9.17) is 4.98 Å². The summed E-state index contributed by atoms with van der Waals surface area (Å²) in [6.45, 7) is 5.65. The maximum absolute atomic E-state index is 12.7. The van der Waals surface area contributed by atoms with Gasteiger partial charge in [-0.3, -0.25) is 9.78 Å². The smallest absolute Gasteiger partial charge is 0.238 e. The Morgan fingerprint density at radius 3 is 2.82 bits per heavy atom. The summed E-state index contributed by atoms with van der Waals surface area (Å²) in [5.74, 6) is 1.34. The molecule has 1 aliphatic heterocycles. The number of para-hydroxylation sites is 2. The first-order valence-corrected chi connectivity index (χ1v) is 9.75. The molecule has 0 saturated carbocycles. The van der Waals surface area contributed by atoms with Crippen LogP contribution in [-0.2, 0) is 17.9 Å². The Morgan fingerprint density at radius 1 is 1.21 bits per heavy atom. The van der Waals surface area contributed by atoms with Crippen molar-refractivity contribution in [2.75, 3.05) is 0 Å². The second-order valence-corrected chi connectivity index (χ2v) is 7.62. The van der Waals surface area contributed by atoms with E-state index >= 15 is 0 Å². The molecule has 0 spiro atoms. The Morgan fingerprint density at radius 2 is 2.04 bits per heavy atom. The van der Waals surface area contributed by atoms with Crippen LogP contribution in [0.15, 0.2) is 48.7 Å². The third-order valence-electron chi connectivity index (χ3n) is 4.97. The summed E-state index contributed by atoms with van der Waals surface area (Å²) in [6.07, 6.45) is 2.43. The van der Waals surface area contributed by atoms with Crippen LogP contribution in [0.5, 0.6) is 0 Å². The fourth-order valence-corrected chi connectivity index (χ4v) is 3.62. The minimum absolute atomic E-state index is 0.0301. The van der Waals surface area contributed by atoms with Crippen LogP contribution < -0.4 is 16.2 Å². The number of pyridine rings is 1. The van der Waals surface area contributed by atoms with E-state index in [-0.39, 0.29) is 18.0 Å². The maximum atomic E-state index is 12.7. The summed E-state index contributed by atoms with van der Waals surface area (Å²) >= 11 is 0. The Hall–Kier alpha value is -2.77. The van der Waals surface area contributed by atoms with E-state index < -0.39 is 0 Å². The number of hydrogen-bond donors (Lipinski definition) is 3. The molecule has 1 aliphatic rings. The van der Waals surface area contributed by atoms with Gasteiger partial charge in [-0.15, -0.1) is 0 Å². The summed E-state index contributed by atoms with van der Waals surface area (Å²) in [5, 5.41) is 3.04. The Balaban J connectivity index is 1.42. The van der Waals surface area contributed by atoms with Crippen LogP contribution in [0.4, 0.5) is 0 Å². The van der Waals surface area contributed by atoms with Crippen molar-refractivity contribution >= 4 is 16.9 Å². The number of nitrogens with one attached hydrogen (secondary N) is 3. The SMILES string of the molecule is CC(C)Cn1c(CNC(=O)C2CC(c3ccccn3)NN2)nc2ccccc21. The van der Waals surface area contributed by atoms with Crippen molar-refractivity contribution in [2.24, 2.45) is 5.92 Å². The number of hydrazine groups is 1. The molecule has 1 fully saturated rings. The van der Waals surface area contributed by atoms with Gasteiger partial charge < -0.3 is 9.88 Å². The number of nitrogens with zero attached hydrogens (tertiary/aromatic N) is 3. The van der Waals surface area contributed by atoms with Gasteiger partial charge >= 0.3 is 0 Å². The Bertz CT molecular complexity index is 952. The van der Waals surface area contributed by atoms with Crippen molar-refractivity contribution in [3.05, 3.63) is 60.2 Å². The third-order valence-corrected chi connectivity index (χ3v) is 4.97. The van der Waals surface area contributed by atoms with Gasteiger partial charge in [0.1, 0.15) is 11.9 Å². The van der Waals surface area contributed by atoms with Gasteiger partial charge in [-0.1, -0.05) is 32.0 Å². The highest BCUT2D eigenvalue weighted by atomic mass is 16.2. The summed E-state index contributed by atoms with van der Waals surface area (Å²) < 4.78 is 2.21. The minimum atomic E-state index is -0.296. The van der Waals surface area contributed by atoms with Crippen LogP contribution in [0.1, 0.15) is 37.8 Å². The van der Waals surface area contributed by atoms with Crippen LogP contribution in [0.2, 0.25) is 0 Å². The third kappa shape index (κ3) is 3.90. The van der Waals surface area contributed by atoms with E-state index in [0.717, 1.165) is 29.1 Å². The maximum Gasteiger partial charge on any atom is 0.238 e. The van der Waals surface area contributed by atoms with Gasteiger partial charge in [0, 0.05) is 12.7 Å². The number of amides is 1. The molecule has 0 aliphatic carbocycles. The predicted molar refractivity (Wildman–Crippen MR) is 108 cm³/mol. The number of benzene rings is 1. The van der Waals surface area contributed by atoms with E-state index in [1.807, 2.05) is 36.4 Å². The Kier molecular flexibility index (Phi) is 5.36. The average molecular weight is 378 g/mol. The van der Waals surface area contributed by atoms with Crippen LogP contribution >= 0.6 is 0 Å². The summed E-state index contributed by atoms with van der Waals surface area (Å²) in [7, 11) is 0. The lowest BCUT2D eigenvalue weighted by molar-refractivity contribution is -0.123. The number of rotatable bonds is 6. The number of carbonyl (C=O) groups is 1. The number of carbonyl (C=O) groups excluding carboxylic acids is 1. The highest BCUT2D eigenvalue weighted by molar-refractivity contribution is 5.82. The second kappa shape index (κ2) is 8.08. The summed E-state index contributed by atoms with van der Waals surface area (Å²) in [6, 6.07) is 13.6. The average Bonchev–Trinajstić information content (AvgIpc) is 3.32. The van der Waals surface area contributed by atoms with Crippen molar-refractivity contribution in [1.82, 2.24) is 30.7 Å². The fourth-order valence-electron chi connectivity index (χ4n) is 3.62. The van der Waals surface area contributed by atoms with E-state index in [0.29, 0.717) is 18.9 Å². The van der Waals surface area contributed by atoms with Gasteiger partial charge in [0.05, 0.1) is 29.3 Å². The molecule has 7 nitrogen and oxygen atoms in total. The van der Waals surface area contributed by atoms with Gasteiger partial charge in [-0.05, 0) is 36.6 Å². The van der Waals surface area contributed by atoms with Gasteiger partial charge in [0.25, 0.3) is 0 Å². The molecule has 1 aromatic carbocycles. The fraction of sp³-hybridized carbons (Fsp3) is 0.381. The number of imidazole rings is 1. The van der Waals surface area contributed by atoms with Crippen molar-refractivity contribution in [2.45, 2.75) is 45.4 Å². The molecule has 1 amide bonds. The van der Waals surface area contributed by atoms with Gasteiger partial charge in [0.2, 0.25) is 5.91 Å². The predicted octanol–water partition coefficient (Wildman–Crippen LogP) is 2.31. The molecule has 7 heteroatoms. The lowest BCUT2D eigenvalue weighted by Crippen LogP contribution is -2.43. The lowest BCUT2D eigenvalue weighted by atomic mass is 10.1. The molecule has 0 bridgehead atoms. The first-order chi connectivity index (χ1) is 13.6. The minimum Gasteiger partial charge on any atom is -0.347 e. The molecular weight excluding hydrogens is 352 g/mol. The van der Waals surface area contributed by atoms with Crippen LogP contribution in [0.25, 0.3) is 11.0 Å². The number of hydrogen-bond acceptors (Lipinski definition) is 5. The zero-order valence-corrected chi connectivity index (χ0v) is 16.2. The number of fused-ring (bicyclic) bond motifs is 1. The normalized spacial score (nSPS) is 19.4. The van der Waals surface area contributed by atoms with E-state index in [1.54, 1.807) is 6.20 Å². The summed E-state index contributed by atoms with van der Waals surface area (Å²) in [5.41, 5.74) is 9.26. The van der Waals surface area contributed by atoms with Crippen LogP contribution in [-0.4, -0.2) is 26.5 Å². The monoisotopic (exact) mass is 378 g/mol. The van der Waals surface area contributed by atoms with Crippen LogP contribution in [0, 0.1) is 5.92 Å². The van der Waals surface area contributed by atoms with Crippen molar-refractivity contribution in [3.63, 3.8) is 0 Å². The molecule has 3 aromatic rings. The lowest BCUT2D eigenvalue weighted by Gasteiger charge is -2.14. The van der Waals surface area contributed by atoms with Crippen molar-refractivity contribution in [3.8, 4) is 0 Å². The topological polar surface area (TPSA) is 83.9 Å². The molecule has 2 atom stereocenters. The molecule has 3 heterocycles. The highest BCUT2D eigenvalue weighted by Gasteiger charge is 2.30. The molecule has 2 aromatic heterocycles. The van der Waals surface area contributed by atoms with E-state index in [2.05, 4.69) is 45.6 Å². The molecule has 3 N–H and O–H groups in total. The zero-order valence-electron chi connectivity index (χ0n) is 16.2. The number of aromatic nitrogens is 3. The zero-order chi connectivity index (χ0) is 19.5. The highest BCUT2D eigenvalue weighted by Crippen LogP contribution is 2.21. The summed E-state index contributed by atoms with van der Waals surface area (Å²) in [4.78, 5) is 21.8. The first kappa shape index (κ1) is 18.6. The molecule has 0 radical (unpaired) electrons. The second-order valence-electron chi connectivity index (χ2n) is 7.62. The van der Waals surface area contributed by atoms with E-state index in [1.165, 1.54) is 0 Å². The van der Waals surface area contributed by atoms with Crippen LogP contribution in [0.3, 0.4) is 0 Å². The van der Waals surface area contributed by atoms with Gasteiger partial charge in [0.15, 0.2) is 0 Å². The molecule has 146 valence electrons. The standard InChI is InChI=1S/C21H26N6O/c1-14(2)13-27-19-9-4-3-8-16(19)24-20(27)12-23-21(28)18-11-17(25-26-18)15-7-5-6-10-22-15/h3-10,14,17-18,25-26H,11-13H2,1-2H3,(H,23,28).